The molecule has 1 aliphatic rings. The van der Waals surface area contributed by atoms with Gasteiger partial charge in [0.05, 0.1) is 17.2 Å². The van der Waals surface area contributed by atoms with Gasteiger partial charge in [0, 0.05) is 32.2 Å². The highest BCUT2D eigenvalue weighted by Gasteiger charge is 2.24. The summed E-state index contributed by atoms with van der Waals surface area (Å²) in [5.41, 5.74) is 5.62. The molecular formula is C12H16F2N4S. The van der Waals surface area contributed by atoms with Gasteiger partial charge in [0.2, 0.25) is 0 Å². The van der Waals surface area contributed by atoms with Crippen LogP contribution in [0.4, 0.5) is 14.6 Å². The first-order valence-corrected chi connectivity index (χ1v) is 6.49. The van der Waals surface area contributed by atoms with Gasteiger partial charge in [-0.3, -0.25) is 4.90 Å². The van der Waals surface area contributed by atoms with E-state index in [0.717, 1.165) is 25.4 Å². The Morgan fingerprint density at radius 3 is 2.53 bits per heavy atom. The summed E-state index contributed by atoms with van der Waals surface area (Å²) < 4.78 is 26.4. The molecule has 104 valence electrons. The highest BCUT2D eigenvalue weighted by atomic mass is 32.1. The molecule has 1 fully saturated rings. The Morgan fingerprint density at radius 1 is 1.37 bits per heavy atom. The summed E-state index contributed by atoms with van der Waals surface area (Å²) >= 11 is 4.97. The summed E-state index contributed by atoms with van der Waals surface area (Å²) in [4.78, 5) is 8.21. The predicted octanol–water partition coefficient (Wildman–Crippen LogP) is 1.16. The number of hydrogen-bond donors (Lipinski definition) is 1. The number of thiocarbonyl (C=S) groups is 1. The van der Waals surface area contributed by atoms with Crippen LogP contribution in [0.25, 0.3) is 0 Å². The molecule has 0 bridgehead atoms. The number of hydrogen-bond acceptors (Lipinski definition) is 4. The number of halogens is 2. The second-order valence-electron chi connectivity index (χ2n) is 4.56. The van der Waals surface area contributed by atoms with Crippen LogP contribution in [0.3, 0.4) is 0 Å². The van der Waals surface area contributed by atoms with E-state index in [-0.39, 0.29) is 11.9 Å². The second-order valence-corrected chi connectivity index (χ2v) is 5.03. The zero-order chi connectivity index (χ0) is 14.0. The Morgan fingerprint density at radius 2 is 2.00 bits per heavy atom. The third-order valence-corrected chi connectivity index (χ3v) is 3.70. The number of pyridine rings is 1. The van der Waals surface area contributed by atoms with Crippen molar-refractivity contribution >= 4 is 23.0 Å². The first-order valence-electron chi connectivity index (χ1n) is 6.08. The fourth-order valence-electron chi connectivity index (χ4n) is 2.14. The van der Waals surface area contributed by atoms with E-state index in [0.29, 0.717) is 18.1 Å². The molecule has 1 unspecified atom stereocenters. The SMILES string of the molecule is CC(C(N)=S)N1CCN(c2ncc(F)cc2F)CC1. The lowest BCUT2D eigenvalue weighted by molar-refractivity contribution is 0.238. The van der Waals surface area contributed by atoms with Crippen LogP contribution in [0.5, 0.6) is 0 Å². The van der Waals surface area contributed by atoms with Gasteiger partial charge in [-0.05, 0) is 6.92 Å². The summed E-state index contributed by atoms with van der Waals surface area (Å²) in [6.45, 7) is 4.62. The van der Waals surface area contributed by atoms with Crippen LogP contribution in [0.2, 0.25) is 0 Å². The lowest BCUT2D eigenvalue weighted by atomic mass is 10.2. The number of nitrogens with zero attached hydrogens (tertiary/aromatic N) is 3. The van der Waals surface area contributed by atoms with Crippen molar-refractivity contribution in [3.8, 4) is 0 Å². The smallest absolute Gasteiger partial charge is 0.168 e. The summed E-state index contributed by atoms with van der Waals surface area (Å²) in [5, 5.41) is 0. The molecule has 0 aliphatic carbocycles. The maximum absolute atomic E-state index is 13.6. The molecule has 7 heteroatoms. The molecule has 1 aromatic heterocycles. The van der Waals surface area contributed by atoms with Crippen LogP contribution in [0.1, 0.15) is 6.92 Å². The van der Waals surface area contributed by atoms with Crippen LogP contribution in [-0.2, 0) is 0 Å². The van der Waals surface area contributed by atoms with E-state index in [1.807, 2.05) is 6.92 Å². The monoisotopic (exact) mass is 286 g/mol. The highest BCUT2D eigenvalue weighted by molar-refractivity contribution is 7.80. The van der Waals surface area contributed by atoms with Gasteiger partial charge >= 0.3 is 0 Å². The average Bonchev–Trinajstić information content (AvgIpc) is 2.38. The zero-order valence-electron chi connectivity index (χ0n) is 10.6. The zero-order valence-corrected chi connectivity index (χ0v) is 11.5. The molecule has 2 rings (SSSR count). The maximum Gasteiger partial charge on any atom is 0.168 e. The van der Waals surface area contributed by atoms with Crippen LogP contribution in [-0.4, -0.2) is 47.1 Å². The van der Waals surface area contributed by atoms with Crippen LogP contribution in [0.15, 0.2) is 12.3 Å². The molecule has 1 aliphatic heterocycles. The van der Waals surface area contributed by atoms with Gasteiger partial charge in [0.15, 0.2) is 11.6 Å². The van der Waals surface area contributed by atoms with E-state index in [4.69, 9.17) is 18.0 Å². The number of piperazine rings is 1. The fourth-order valence-corrected chi connectivity index (χ4v) is 2.29. The second kappa shape index (κ2) is 5.75. The van der Waals surface area contributed by atoms with Gasteiger partial charge in [-0.25, -0.2) is 13.8 Å². The standard InChI is InChI=1S/C12H16F2N4S/c1-8(11(15)19)17-2-4-18(5-3-17)12-10(14)6-9(13)7-16-12/h6-8H,2-5H2,1H3,(H2,15,19). The first kappa shape index (κ1) is 14.1. The molecule has 0 amide bonds. The van der Waals surface area contributed by atoms with Crippen molar-refractivity contribution < 1.29 is 8.78 Å². The van der Waals surface area contributed by atoms with Gasteiger partial charge < -0.3 is 10.6 Å². The molecule has 2 heterocycles. The van der Waals surface area contributed by atoms with Gasteiger partial charge in [0.25, 0.3) is 0 Å². The Labute approximate surface area is 116 Å². The van der Waals surface area contributed by atoms with E-state index in [9.17, 15) is 8.78 Å². The molecule has 0 aromatic carbocycles. The quantitative estimate of drug-likeness (QED) is 0.845. The van der Waals surface area contributed by atoms with Crippen molar-refractivity contribution in [2.45, 2.75) is 13.0 Å². The van der Waals surface area contributed by atoms with E-state index in [1.165, 1.54) is 0 Å². The fraction of sp³-hybridized carbons (Fsp3) is 0.500. The average molecular weight is 286 g/mol. The maximum atomic E-state index is 13.6. The minimum Gasteiger partial charge on any atom is -0.392 e. The van der Waals surface area contributed by atoms with Crippen LogP contribution < -0.4 is 10.6 Å². The Balaban J connectivity index is 2.02. The summed E-state index contributed by atoms with van der Waals surface area (Å²) in [6.07, 6.45) is 1.03. The van der Waals surface area contributed by atoms with E-state index in [2.05, 4.69) is 9.88 Å². The van der Waals surface area contributed by atoms with Gasteiger partial charge in [-0.1, -0.05) is 12.2 Å². The molecule has 0 radical (unpaired) electrons. The molecular weight excluding hydrogens is 270 g/mol. The van der Waals surface area contributed by atoms with Gasteiger partial charge in [0.1, 0.15) is 5.82 Å². The third-order valence-electron chi connectivity index (χ3n) is 3.36. The van der Waals surface area contributed by atoms with Gasteiger partial charge in [-0.2, -0.15) is 0 Å². The normalized spacial score (nSPS) is 18.4. The topological polar surface area (TPSA) is 45.4 Å². The molecule has 4 nitrogen and oxygen atoms in total. The first-order chi connectivity index (χ1) is 8.99. The molecule has 2 N–H and O–H groups in total. The minimum atomic E-state index is -0.665. The minimum absolute atomic E-state index is 0.0307. The predicted molar refractivity (Wildman–Crippen MR) is 74.2 cm³/mol. The Hall–Kier alpha value is -1.34. The van der Waals surface area contributed by atoms with E-state index in [1.54, 1.807) is 4.90 Å². The molecule has 0 saturated carbocycles. The van der Waals surface area contributed by atoms with Gasteiger partial charge in [-0.15, -0.1) is 0 Å². The molecule has 0 spiro atoms. The highest BCUT2D eigenvalue weighted by Crippen LogP contribution is 2.19. The summed E-state index contributed by atoms with van der Waals surface area (Å²) in [5.74, 6) is -1.10. The third kappa shape index (κ3) is 3.16. The lowest BCUT2D eigenvalue weighted by Gasteiger charge is -2.38. The molecule has 1 atom stereocenters. The van der Waals surface area contributed by atoms with E-state index >= 15 is 0 Å². The Kier molecular flexibility index (Phi) is 4.26. The molecule has 19 heavy (non-hydrogen) atoms. The van der Waals surface area contributed by atoms with Crippen LogP contribution in [0, 0.1) is 11.6 Å². The van der Waals surface area contributed by atoms with Crippen molar-refractivity contribution in [3.63, 3.8) is 0 Å². The molecule has 1 aromatic rings. The largest absolute Gasteiger partial charge is 0.392 e. The summed E-state index contributed by atoms with van der Waals surface area (Å²) in [7, 11) is 0. The van der Waals surface area contributed by atoms with Crippen molar-refractivity contribution in [2.24, 2.45) is 5.73 Å². The lowest BCUT2D eigenvalue weighted by Crippen LogP contribution is -2.53. The van der Waals surface area contributed by atoms with Crippen LogP contribution >= 0.6 is 12.2 Å². The van der Waals surface area contributed by atoms with Crippen molar-refractivity contribution in [3.05, 3.63) is 23.9 Å². The van der Waals surface area contributed by atoms with Crippen molar-refractivity contribution in [1.29, 1.82) is 0 Å². The Bertz CT molecular complexity index is 475. The summed E-state index contributed by atoms with van der Waals surface area (Å²) in [6, 6.07) is 0.884. The number of aromatic nitrogens is 1. The number of rotatable bonds is 3. The number of anilines is 1. The van der Waals surface area contributed by atoms with E-state index < -0.39 is 11.6 Å². The number of nitrogens with two attached hydrogens (primary N) is 1. The van der Waals surface area contributed by atoms with Crippen molar-refractivity contribution in [1.82, 2.24) is 9.88 Å². The van der Waals surface area contributed by atoms with Crippen molar-refractivity contribution in [2.75, 3.05) is 31.1 Å². The molecule has 1 saturated heterocycles.